The van der Waals surface area contributed by atoms with Crippen LogP contribution in [0.5, 0.6) is 5.75 Å². The topological polar surface area (TPSA) is 126 Å². The van der Waals surface area contributed by atoms with E-state index in [9.17, 15) is 19.2 Å². The van der Waals surface area contributed by atoms with Gasteiger partial charge in [0.05, 0.1) is 0 Å². The summed E-state index contributed by atoms with van der Waals surface area (Å²) in [5, 5.41) is 2.65. The van der Waals surface area contributed by atoms with Gasteiger partial charge in [-0.2, -0.15) is 0 Å². The molecule has 1 saturated heterocycles. The van der Waals surface area contributed by atoms with Crippen LogP contribution in [0.15, 0.2) is 24.3 Å². The van der Waals surface area contributed by atoms with Crippen LogP contribution in [0.3, 0.4) is 0 Å². The standard InChI is InChI=1S/C21H27NO9/c1-11-7-6-8-16(9-11)30-21-18(22-12(2)23)20(29-15(5)26)19(28-14(4)25)17(31-21)10-27-13(3)24/h6-9,17-21H,10H2,1-5H3,(H,22,23)/t17-,18-,19+,20-,21+/m0/s1. The van der Waals surface area contributed by atoms with Crippen molar-refractivity contribution in [2.24, 2.45) is 0 Å². The van der Waals surface area contributed by atoms with E-state index in [0.717, 1.165) is 5.56 Å². The van der Waals surface area contributed by atoms with Crippen LogP contribution in [0, 0.1) is 6.92 Å². The fraction of sp³-hybridized carbons (Fsp3) is 0.524. The highest BCUT2D eigenvalue weighted by Gasteiger charge is 2.51. The lowest BCUT2D eigenvalue weighted by molar-refractivity contribution is -0.257. The van der Waals surface area contributed by atoms with Gasteiger partial charge in [-0.05, 0) is 24.6 Å². The Bertz CT molecular complexity index is 825. The minimum Gasteiger partial charge on any atom is -0.463 e. The Kier molecular flexibility index (Phi) is 8.38. The van der Waals surface area contributed by atoms with Crippen molar-refractivity contribution in [2.45, 2.75) is 65.3 Å². The summed E-state index contributed by atoms with van der Waals surface area (Å²) in [5.74, 6) is -1.91. The van der Waals surface area contributed by atoms with E-state index in [-0.39, 0.29) is 6.61 Å². The van der Waals surface area contributed by atoms with E-state index in [0.29, 0.717) is 5.75 Å². The zero-order valence-corrected chi connectivity index (χ0v) is 18.1. The molecule has 31 heavy (non-hydrogen) atoms. The van der Waals surface area contributed by atoms with Crippen LogP contribution in [-0.4, -0.2) is 61.1 Å². The largest absolute Gasteiger partial charge is 0.463 e. The summed E-state index contributed by atoms with van der Waals surface area (Å²) in [6.07, 6.45) is -4.47. The van der Waals surface area contributed by atoms with Gasteiger partial charge in [0.15, 0.2) is 12.2 Å². The van der Waals surface area contributed by atoms with E-state index >= 15 is 0 Å². The molecule has 1 aromatic carbocycles. The van der Waals surface area contributed by atoms with Crippen molar-refractivity contribution >= 4 is 23.8 Å². The quantitative estimate of drug-likeness (QED) is 0.491. The average Bonchev–Trinajstić information content (AvgIpc) is 2.64. The molecule has 1 heterocycles. The summed E-state index contributed by atoms with van der Waals surface area (Å²) in [4.78, 5) is 46.8. The molecule has 1 aliphatic rings. The van der Waals surface area contributed by atoms with Gasteiger partial charge in [0.2, 0.25) is 12.2 Å². The summed E-state index contributed by atoms with van der Waals surface area (Å²) in [7, 11) is 0. The molecule has 10 nitrogen and oxygen atoms in total. The van der Waals surface area contributed by atoms with Gasteiger partial charge in [0.1, 0.15) is 24.5 Å². The van der Waals surface area contributed by atoms with Gasteiger partial charge in [0, 0.05) is 27.7 Å². The smallest absolute Gasteiger partial charge is 0.303 e. The molecule has 1 amide bonds. The number of ether oxygens (including phenoxy) is 5. The average molecular weight is 437 g/mol. The fourth-order valence-corrected chi connectivity index (χ4v) is 3.21. The van der Waals surface area contributed by atoms with Crippen LogP contribution in [0.2, 0.25) is 0 Å². The first-order valence-electron chi connectivity index (χ1n) is 9.70. The van der Waals surface area contributed by atoms with E-state index < -0.39 is 54.5 Å². The maximum absolute atomic E-state index is 11.9. The molecule has 1 aliphatic heterocycles. The number of benzene rings is 1. The van der Waals surface area contributed by atoms with E-state index in [4.69, 9.17) is 23.7 Å². The van der Waals surface area contributed by atoms with Crippen molar-refractivity contribution in [3.63, 3.8) is 0 Å². The molecular formula is C21H27NO9. The number of nitrogens with one attached hydrogen (secondary N) is 1. The van der Waals surface area contributed by atoms with Gasteiger partial charge in [0.25, 0.3) is 0 Å². The van der Waals surface area contributed by atoms with Crippen molar-refractivity contribution in [3.8, 4) is 5.75 Å². The van der Waals surface area contributed by atoms with Crippen molar-refractivity contribution in [1.29, 1.82) is 0 Å². The number of hydrogen-bond donors (Lipinski definition) is 1. The molecule has 10 heteroatoms. The monoisotopic (exact) mass is 437 g/mol. The molecule has 0 aromatic heterocycles. The van der Waals surface area contributed by atoms with E-state index in [2.05, 4.69) is 5.32 Å². The molecule has 0 spiro atoms. The first kappa shape index (κ1) is 24.1. The third-order valence-electron chi connectivity index (χ3n) is 4.31. The van der Waals surface area contributed by atoms with Gasteiger partial charge >= 0.3 is 17.9 Å². The third kappa shape index (κ3) is 7.25. The normalized spacial score (nSPS) is 25.1. The second-order valence-corrected chi connectivity index (χ2v) is 7.15. The molecule has 170 valence electrons. The van der Waals surface area contributed by atoms with Crippen LogP contribution in [0.4, 0.5) is 0 Å². The molecule has 0 bridgehead atoms. The molecule has 2 rings (SSSR count). The van der Waals surface area contributed by atoms with Gasteiger partial charge in [-0.3, -0.25) is 19.2 Å². The lowest BCUT2D eigenvalue weighted by Gasteiger charge is -2.44. The molecule has 0 radical (unpaired) electrons. The Morgan fingerprint density at radius 3 is 2.16 bits per heavy atom. The summed E-state index contributed by atoms with van der Waals surface area (Å²) in [5.41, 5.74) is 0.926. The predicted molar refractivity (Wildman–Crippen MR) is 106 cm³/mol. The van der Waals surface area contributed by atoms with Gasteiger partial charge < -0.3 is 29.0 Å². The first-order chi connectivity index (χ1) is 14.6. The SMILES string of the molecule is CC(=O)N[C@@H]1[C@H](Oc2cccc(C)c2)O[C@@H](COC(C)=O)[C@@H](OC(C)=O)[C@H]1OC(C)=O. The molecule has 1 fully saturated rings. The fourth-order valence-electron chi connectivity index (χ4n) is 3.21. The summed E-state index contributed by atoms with van der Waals surface area (Å²) in [6, 6.07) is 6.10. The highest BCUT2D eigenvalue weighted by atomic mass is 16.7. The number of esters is 3. The van der Waals surface area contributed by atoms with Crippen LogP contribution >= 0.6 is 0 Å². The molecule has 0 unspecified atom stereocenters. The number of carbonyl (C=O) groups excluding carboxylic acids is 4. The van der Waals surface area contributed by atoms with Gasteiger partial charge in [-0.15, -0.1) is 0 Å². The Labute approximate surface area is 180 Å². The number of aryl methyl sites for hydroxylation is 1. The molecule has 0 aliphatic carbocycles. The third-order valence-corrected chi connectivity index (χ3v) is 4.31. The second kappa shape index (κ2) is 10.8. The van der Waals surface area contributed by atoms with E-state index in [1.807, 2.05) is 13.0 Å². The molecule has 1 N–H and O–H groups in total. The van der Waals surface area contributed by atoms with Crippen molar-refractivity contribution < 1.29 is 42.9 Å². The zero-order valence-electron chi connectivity index (χ0n) is 18.1. The maximum Gasteiger partial charge on any atom is 0.303 e. The minimum atomic E-state index is -1.16. The lowest BCUT2D eigenvalue weighted by atomic mass is 9.96. The van der Waals surface area contributed by atoms with Crippen molar-refractivity contribution in [3.05, 3.63) is 29.8 Å². The molecule has 5 atom stereocenters. The van der Waals surface area contributed by atoms with Crippen molar-refractivity contribution in [1.82, 2.24) is 5.32 Å². The van der Waals surface area contributed by atoms with Crippen LogP contribution in [-0.2, 0) is 38.1 Å². The van der Waals surface area contributed by atoms with E-state index in [1.54, 1.807) is 18.2 Å². The molecule has 0 saturated carbocycles. The van der Waals surface area contributed by atoms with Crippen molar-refractivity contribution in [2.75, 3.05) is 6.61 Å². The van der Waals surface area contributed by atoms with E-state index in [1.165, 1.54) is 27.7 Å². The summed E-state index contributed by atoms with van der Waals surface area (Å²) < 4.78 is 27.7. The zero-order chi connectivity index (χ0) is 23.1. The molecule has 1 aromatic rings. The first-order valence-corrected chi connectivity index (χ1v) is 9.70. The predicted octanol–water partition coefficient (Wildman–Crippen LogP) is 1.03. The summed E-state index contributed by atoms with van der Waals surface area (Å²) >= 11 is 0. The Morgan fingerprint density at radius 2 is 1.61 bits per heavy atom. The Hall–Kier alpha value is -3.14. The van der Waals surface area contributed by atoms with Gasteiger partial charge in [-0.25, -0.2) is 0 Å². The number of rotatable bonds is 7. The van der Waals surface area contributed by atoms with Gasteiger partial charge in [-0.1, -0.05) is 12.1 Å². The van der Waals surface area contributed by atoms with Crippen LogP contribution in [0.1, 0.15) is 33.3 Å². The number of carbonyl (C=O) groups is 4. The molecular weight excluding hydrogens is 410 g/mol. The highest BCUT2D eigenvalue weighted by Crippen LogP contribution is 2.29. The van der Waals surface area contributed by atoms with Crippen LogP contribution in [0.25, 0.3) is 0 Å². The van der Waals surface area contributed by atoms with Crippen LogP contribution < -0.4 is 10.1 Å². The lowest BCUT2D eigenvalue weighted by Crippen LogP contribution is -2.67. The Balaban J connectivity index is 2.44. The number of amides is 1. The second-order valence-electron chi connectivity index (χ2n) is 7.15. The Morgan fingerprint density at radius 1 is 0.968 bits per heavy atom. The maximum atomic E-state index is 11.9. The number of hydrogen-bond acceptors (Lipinski definition) is 9. The minimum absolute atomic E-state index is 0.286. The highest BCUT2D eigenvalue weighted by molar-refractivity contribution is 5.73. The summed E-state index contributed by atoms with van der Waals surface area (Å²) in [6.45, 7) is 6.45.